The molecule has 39 heavy (non-hydrogen) atoms. The van der Waals surface area contributed by atoms with Crippen LogP contribution in [-0.4, -0.2) is 17.2 Å². The minimum atomic E-state index is -4.47. The first kappa shape index (κ1) is 27.1. The second kappa shape index (κ2) is 12.1. The Bertz CT molecular complexity index is 1570. The quantitative estimate of drug-likeness (QED) is 0.278. The van der Waals surface area contributed by atoms with Crippen LogP contribution in [0.3, 0.4) is 0 Å². The van der Waals surface area contributed by atoms with E-state index in [0.29, 0.717) is 16.7 Å². The maximum Gasteiger partial charge on any atom is 0.391 e. The Morgan fingerprint density at radius 3 is 1.87 bits per heavy atom. The van der Waals surface area contributed by atoms with Crippen LogP contribution in [-0.2, 0) is 6.42 Å². The Hall–Kier alpha value is -4.94. The summed E-state index contributed by atoms with van der Waals surface area (Å²) in [7, 11) is 0. The molecule has 0 spiro atoms. The summed E-state index contributed by atoms with van der Waals surface area (Å²) in [4.78, 5) is 13.1. The fourth-order valence-corrected chi connectivity index (χ4v) is 3.79. The van der Waals surface area contributed by atoms with Gasteiger partial charge in [-0.25, -0.2) is 0 Å². The van der Waals surface area contributed by atoms with Gasteiger partial charge in [-0.05, 0) is 54.4 Å². The molecular formula is C33H24F3NO2. The van der Waals surface area contributed by atoms with Crippen LogP contribution in [0.4, 0.5) is 18.9 Å². The van der Waals surface area contributed by atoms with Gasteiger partial charge in [0.1, 0.15) is 5.75 Å². The molecule has 2 N–H and O–H groups in total. The molecule has 0 aromatic heterocycles. The van der Waals surface area contributed by atoms with Crippen molar-refractivity contribution in [2.75, 3.05) is 5.32 Å². The van der Waals surface area contributed by atoms with Gasteiger partial charge in [0.25, 0.3) is 5.91 Å². The number of aromatic hydroxyl groups is 1. The van der Waals surface area contributed by atoms with Crippen LogP contribution < -0.4 is 5.32 Å². The molecular weight excluding hydrogens is 499 g/mol. The van der Waals surface area contributed by atoms with Crippen LogP contribution in [0.5, 0.6) is 5.75 Å². The lowest BCUT2D eigenvalue weighted by Crippen LogP contribution is -2.23. The van der Waals surface area contributed by atoms with Gasteiger partial charge in [0.2, 0.25) is 0 Å². The minimum Gasteiger partial charge on any atom is -0.505 e. The molecule has 1 amide bonds. The van der Waals surface area contributed by atoms with Crippen LogP contribution in [0.1, 0.15) is 45.1 Å². The van der Waals surface area contributed by atoms with Crippen molar-refractivity contribution in [3.8, 4) is 29.4 Å². The molecule has 1 unspecified atom stereocenters. The normalized spacial score (nSPS) is 11.4. The van der Waals surface area contributed by atoms with Gasteiger partial charge in [0.05, 0.1) is 22.7 Å². The molecule has 0 fully saturated rings. The van der Waals surface area contributed by atoms with Crippen molar-refractivity contribution in [3.63, 3.8) is 0 Å². The van der Waals surface area contributed by atoms with Crippen molar-refractivity contribution in [2.24, 2.45) is 5.92 Å². The van der Waals surface area contributed by atoms with Gasteiger partial charge in [0.15, 0.2) is 0 Å². The van der Waals surface area contributed by atoms with Crippen molar-refractivity contribution < 1.29 is 23.1 Å². The highest BCUT2D eigenvalue weighted by Gasteiger charge is 2.36. The lowest BCUT2D eigenvalue weighted by Gasteiger charge is -2.20. The molecule has 0 heterocycles. The van der Waals surface area contributed by atoms with Crippen molar-refractivity contribution >= 4 is 11.6 Å². The molecule has 0 saturated carbocycles. The summed E-state index contributed by atoms with van der Waals surface area (Å²) in [5.41, 5.74) is 1.89. The zero-order valence-electron chi connectivity index (χ0n) is 21.0. The van der Waals surface area contributed by atoms with Crippen LogP contribution >= 0.6 is 0 Å². The molecule has 0 aliphatic rings. The third-order valence-corrected chi connectivity index (χ3v) is 5.96. The Kier molecular flexibility index (Phi) is 8.39. The van der Waals surface area contributed by atoms with Crippen molar-refractivity contribution in [2.45, 2.75) is 19.5 Å². The van der Waals surface area contributed by atoms with Gasteiger partial charge >= 0.3 is 6.18 Å². The summed E-state index contributed by atoms with van der Waals surface area (Å²) in [5.74, 6) is 9.03. The van der Waals surface area contributed by atoms with E-state index in [2.05, 4.69) is 29.0 Å². The maximum absolute atomic E-state index is 13.6. The minimum absolute atomic E-state index is 0.00706. The molecule has 1 atom stereocenters. The molecule has 6 heteroatoms. The number of benzene rings is 4. The number of nitrogens with one attached hydrogen (secondary N) is 1. The third-order valence-electron chi connectivity index (χ3n) is 5.96. The first-order valence-corrected chi connectivity index (χ1v) is 12.2. The number of halogens is 3. The molecule has 4 rings (SSSR count). The van der Waals surface area contributed by atoms with E-state index in [9.17, 15) is 23.1 Å². The first-order chi connectivity index (χ1) is 18.7. The Labute approximate surface area is 225 Å². The number of hydrogen-bond acceptors (Lipinski definition) is 2. The van der Waals surface area contributed by atoms with Gasteiger partial charge < -0.3 is 10.4 Å². The predicted octanol–water partition coefficient (Wildman–Crippen LogP) is 7.19. The van der Waals surface area contributed by atoms with E-state index in [0.717, 1.165) is 6.92 Å². The number of phenolic OH excluding ortho intramolecular Hbond substituents is 1. The molecule has 194 valence electrons. The van der Waals surface area contributed by atoms with E-state index >= 15 is 0 Å². The van der Waals surface area contributed by atoms with Crippen LogP contribution in [0.2, 0.25) is 0 Å². The second-order valence-corrected chi connectivity index (χ2v) is 8.88. The molecule has 3 nitrogen and oxygen atoms in total. The van der Waals surface area contributed by atoms with E-state index in [-0.39, 0.29) is 28.1 Å². The lowest BCUT2D eigenvalue weighted by molar-refractivity contribution is -0.169. The van der Waals surface area contributed by atoms with Gasteiger partial charge in [0, 0.05) is 16.7 Å². The number of amides is 1. The highest BCUT2D eigenvalue weighted by molar-refractivity contribution is 6.05. The number of carbonyl (C=O) groups excluding carboxylic acids is 1. The number of phenols is 1. The summed E-state index contributed by atoms with van der Waals surface area (Å²) in [6.45, 7) is 1.07. The van der Waals surface area contributed by atoms with Crippen LogP contribution in [0.15, 0.2) is 97.1 Å². The van der Waals surface area contributed by atoms with E-state index in [4.69, 9.17) is 0 Å². The summed E-state index contributed by atoms with van der Waals surface area (Å²) in [6, 6.07) is 27.6. The van der Waals surface area contributed by atoms with Gasteiger partial charge in [-0.3, -0.25) is 4.79 Å². The van der Waals surface area contributed by atoms with Gasteiger partial charge in [-0.2, -0.15) is 13.2 Å². The number of hydrogen-bond donors (Lipinski definition) is 2. The molecule has 4 aromatic carbocycles. The van der Waals surface area contributed by atoms with E-state index in [1.165, 1.54) is 6.07 Å². The average Bonchev–Trinajstić information content (AvgIpc) is 2.94. The maximum atomic E-state index is 13.6. The van der Waals surface area contributed by atoms with Crippen molar-refractivity contribution in [1.82, 2.24) is 0 Å². The van der Waals surface area contributed by atoms with Gasteiger partial charge in [-0.15, -0.1) is 0 Å². The van der Waals surface area contributed by atoms with Crippen molar-refractivity contribution in [3.05, 3.63) is 130 Å². The van der Waals surface area contributed by atoms with E-state index < -0.39 is 24.4 Å². The Balaban J connectivity index is 1.91. The number of anilines is 1. The Morgan fingerprint density at radius 2 is 1.33 bits per heavy atom. The number of alkyl halides is 3. The summed E-state index contributed by atoms with van der Waals surface area (Å²) in [5, 5.41) is 14.0. The fraction of sp³-hybridized carbons (Fsp3) is 0.121. The summed E-state index contributed by atoms with van der Waals surface area (Å²) < 4.78 is 40.9. The zero-order chi connectivity index (χ0) is 27.8. The molecule has 4 aromatic rings. The average molecular weight is 524 g/mol. The monoisotopic (exact) mass is 523 g/mol. The summed E-state index contributed by atoms with van der Waals surface area (Å²) >= 11 is 0. The Morgan fingerprint density at radius 1 is 0.821 bits per heavy atom. The number of rotatable bonds is 4. The largest absolute Gasteiger partial charge is 0.505 e. The molecule has 0 radical (unpaired) electrons. The smallest absolute Gasteiger partial charge is 0.391 e. The molecule has 0 aliphatic carbocycles. The standard InChI is InChI=1S/C33H24F3NO2/c1-23(33(34,35)36)21-28-22-27(19-17-24-11-5-2-6-12-24)31(38)29(20-18-25-13-7-3-8-14-25)30(28)37-32(39)26-15-9-4-10-16-26/h2-16,22-23,38H,21H2,1H3,(H,37,39). The third kappa shape index (κ3) is 7.09. The van der Waals surface area contributed by atoms with E-state index in [1.54, 1.807) is 78.9 Å². The molecule has 0 bridgehead atoms. The highest BCUT2D eigenvalue weighted by atomic mass is 19.4. The summed E-state index contributed by atoms with van der Waals surface area (Å²) in [6.07, 6.45) is -4.92. The van der Waals surface area contributed by atoms with Gasteiger partial charge in [-0.1, -0.05) is 85.2 Å². The van der Waals surface area contributed by atoms with Crippen LogP contribution in [0, 0.1) is 29.6 Å². The topological polar surface area (TPSA) is 49.3 Å². The van der Waals surface area contributed by atoms with Crippen LogP contribution in [0.25, 0.3) is 0 Å². The number of carbonyl (C=O) groups is 1. The second-order valence-electron chi connectivity index (χ2n) is 8.88. The predicted molar refractivity (Wildman–Crippen MR) is 146 cm³/mol. The zero-order valence-corrected chi connectivity index (χ0v) is 21.0. The molecule has 0 saturated heterocycles. The lowest BCUT2D eigenvalue weighted by atomic mass is 9.93. The first-order valence-electron chi connectivity index (χ1n) is 12.2. The van der Waals surface area contributed by atoms with Crippen molar-refractivity contribution in [1.29, 1.82) is 0 Å². The SMILES string of the molecule is CC(Cc1cc(C#Cc2ccccc2)c(O)c(C#Cc2ccccc2)c1NC(=O)c1ccccc1)C(F)(F)F. The molecule has 0 aliphatic heterocycles. The highest BCUT2D eigenvalue weighted by Crippen LogP contribution is 2.37. The van der Waals surface area contributed by atoms with E-state index in [1.807, 2.05) is 12.1 Å². The fourth-order valence-electron chi connectivity index (χ4n) is 3.79.